The van der Waals surface area contributed by atoms with Gasteiger partial charge in [0.15, 0.2) is 0 Å². The highest BCUT2D eigenvalue weighted by Gasteiger charge is 2.10. The molecule has 0 saturated carbocycles. The summed E-state index contributed by atoms with van der Waals surface area (Å²) in [6, 6.07) is 12.2. The van der Waals surface area contributed by atoms with Crippen LogP contribution in [0, 0.1) is 13.8 Å². The van der Waals surface area contributed by atoms with E-state index < -0.39 is 0 Å². The van der Waals surface area contributed by atoms with Gasteiger partial charge in [-0.15, -0.1) is 0 Å². The van der Waals surface area contributed by atoms with Crippen LogP contribution in [0.15, 0.2) is 36.4 Å². The average molecular weight is 281 g/mol. The molecule has 0 bridgehead atoms. The van der Waals surface area contributed by atoms with Crippen LogP contribution in [0.3, 0.4) is 0 Å². The fraction of sp³-hybridized carbons (Fsp3) is 0.235. The molecule has 2 N–H and O–H groups in total. The number of benzene rings is 2. The predicted molar refractivity (Wildman–Crippen MR) is 85.7 cm³/mol. The second kappa shape index (κ2) is 5.13. The maximum atomic E-state index is 6.08. The molecule has 0 aliphatic carbocycles. The Hall–Kier alpha value is -2.49. The zero-order valence-corrected chi connectivity index (χ0v) is 12.6. The van der Waals surface area contributed by atoms with Gasteiger partial charge in [-0.2, -0.15) is 0 Å². The van der Waals surface area contributed by atoms with Gasteiger partial charge in [0.2, 0.25) is 5.95 Å². The Morgan fingerprint density at radius 2 is 1.76 bits per heavy atom. The Morgan fingerprint density at radius 1 is 1.10 bits per heavy atom. The number of aryl methyl sites for hydroxylation is 2. The van der Waals surface area contributed by atoms with Crippen molar-refractivity contribution >= 4 is 17.0 Å². The van der Waals surface area contributed by atoms with Gasteiger partial charge in [-0.3, -0.25) is 0 Å². The van der Waals surface area contributed by atoms with Crippen LogP contribution in [0.2, 0.25) is 0 Å². The zero-order valence-electron chi connectivity index (χ0n) is 12.6. The first-order chi connectivity index (χ1) is 10.1. The molecule has 0 aliphatic heterocycles. The quantitative estimate of drug-likeness (QED) is 0.801. The lowest BCUT2D eigenvalue weighted by Gasteiger charge is -2.08. The summed E-state index contributed by atoms with van der Waals surface area (Å²) in [5.41, 5.74) is 11.8. The van der Waals surface area contributed by atoms with Crippen LogP contribution in [0.25, 0.3) is 11.0 Å². The molecule has 3 aromatic rings. The van der Waals surface area contributed by atoms with Crippen LogP contribution in [0.5, 0.6) is 5.75 Å². The molecule has 0 atom stereocenters. The lowest BCUT2D eigenvalue weighted by Crippen LogP contribution is -2.04. The minimum atomic E-state index is 0.547. The summed E-state index contributed by atoms with van der Waals surface area (Å²) >= 11 is 0. The van der Waals surface area contributed by atoms with Crippen molar-refractivity contribution < 1.29 is 4.74 Å². The summed E-state index contributed by atoms with van der Waals surface area (Å²) in [6.07, 6.45) is 0. The van der Waals surface area contributed by atoms with Crippen molar-refractivity contribution in [2.24, 2.45) is 0 Å². The van der Waals surface area contributed by atoms with Gasteiger partial charge in [0.1, 0.15) is 5.75 Å². The molecular formula is C17H19N3O. The highest BCUT2D eigenvalue weighted by Crippen LogP contribution is 2.23. The molecule has 0 spiro atoms. The van der Waals surface area contributed by atoms with Crippen molar-refractivity contribution in [3.05, 3.63) is 53.1 Å². The second-order valence-electron chi connectivity index (χ2n) is 5.33. The average Bonchev–Trinajstić information content (AvgIpc) is 2.76. The van der Waals surface area contributed by atoms with E-state index in [1.54, 1.807) is 7.11 Å². The van der Waals surface area contributed by atoms with Crippen molar-refractivity contribution in [3.63, 3.8) is 0 Å². The first-order valence-corrected chi connectivity index (χ1v) is 6.94. The summed E-state index contributed by atoms with van der Waals surface area (Å²) in [7, 11) is 1.67. The van der Waals surface area contributed by atoms with E-state index in [2.05, 4.69) is 31.0 Å². The summed E-state index contributed by atoms with van der Waals surface area (Å²) in [5.74, 6) is 1.40. The predicted octanol–water partition coefficient (Wildman–Crippen LogP) is 3.29. The number of imidazole rings is 1. The van der Waals surface area contributed by atoms with Crippen molar-refractivity contribution in [1.82, 2.24) is 9.55 Å². The highest BCUT2D eigenvalue weighted by molar-refractivity contribution is 5.80. The van der Waals surface area contributed by atoms with Crippen LogP contribution in [-0.2, 0) is 6.54 Å². The Labute approximate surface area is 124 Å². The fourth-order valence-electron chi connectivity index (χ4n) is 2.48. The van der Waals surface area contributed by atoms with Gasteiger partial charge < -0.3 is 15.0 Å². The van der Waals surface area contributed by atoms with Gasteiger partial charge in [-0.1, -0.05) is 12.1 Å². The van der Waals surface area contributed by atoms with E-state index in [4.69, 9.17) is 10.5 Å². The third-order valence-electron chi connectivity index (χ3n) is 3.89. The molecule has 4 heteroatoms. The van der Waals surface area contributed by atoms with E-state index in [0.29, 0.717) is 12.5 Å². The van der Waals surface area contributed by atoms with Crippen molar-refractivity contribution in [3.8, 4) is 5.75 Å². The number of nitrogens with zero attached hydrogens (tertiary/aromatic N) is 2. The molecule has 3 rings (SSSR count). The SMILES string of the molecule is COc1ccc(Cn2c(N)nc3cc(C)c(C)cc32)cc1. The first-order valence-electron chi connectivity index (χ1n) is 6.94. The molecule has 0 fully saturated rings. The number of fused-ring (bicyclic) bond motifs is 1. The van der Waals surface area contributed by atoms with Crippen molar-refractivity contribution in [2.75, 3.05) is 12.8 Å². The van der Waals surface area contributed by atoms with E-state index in [-0.39, 0.29) is 0 Å². The van der Waals surface area contributed by atoms with Crippen molar-refractivity contribution in [2.45, 2.75) is 20.4 Å². The van der Waals surface area contributed by atoms with Gasteiger partial charge in [0, 0.05) is 0 Å². The number of hydrogen-bond donors (Lipinski definition) is 1. The summed E-state index contributed by atoms with van der Waals surface area (Å²) in [6.45, 7) is 4.90. The number of anilines is 1. The topological polar surface area (TPSA) is 53.1 Å². The lowest BCUT2D eigenvalue weighted by molar-refractivity contribution is 0.414. The molecule has 0 aliphatic rings. The molecular weight excluding hydrogens is 262 g/mol. The Balaban J connectivity index is 2.03. The van der Waals surface area contributed by atoms with Crippen LogP contribution >= 0.6 is 0 Å². The Kier molecular flexibility index (Phi) is 3.29. The summed E-state index contributed by atoms with van der Waals surface area (Å²) in [4.78, 5) is 4.46. The molecule has 0 saturated heterocycles. The van der Waals surface area contributed by atoms with E-state index >= 15 is 0 Å². The molecule has 1 heterocycles. The number of aromatic nitrogens is 2. The standard InChI is InChI=1S/C17H19N3O/c1-11-8-15-16(9-12(11)2)20(17(18)19-15)10-13-4-6-14(21-3)7-5-13/h4-9H,10H2,1-3H3,(H2,18,19). The van der Waals surface area contributed by atoms with Gasteiger partial charge in [-0.25, -0.2) is 4.98 Å². The first kappa shape index (κ1) is 13.5. The normalized spacial score (nSPS) is 11.0. The molecule has 2 aromatic carbocycles. The van der Waals surface area contributed by atoms with Gasteiger partial charge in [-0.05, 0) is 54.8 Å². The van der Waals surface area contributed by atoms with E-state index in [1.807, 2.05) is 28.8 Å². The smallest absolute Gasteiger partial charge is 0.201 e. The molecule has 0 radical (unpaired) electrons. The fourth-order valence-corrected chi connectivity index (χ4v) is 2.48. The minimum Gasteiger partial charge on any atom is -0.497 e. The van der Waals surface area contributed by atoms with E-state index in [0.717, 1.165) is 16.8 Å². The maximum absolute atomic E-state index is 6.08. The minimum absolute atomic E-state index is 0.547. The maximum Gasteiger partial charge on any atom is 0.201 e. The lowest BCUT2D eigenvalue weighted by atomic mass is 10.1. The number of rotatable bonds is 3. The van der Waals surface area contributed by atoms with Crippen molar-refractivity contribution in [1.29, 1.82) is 0 Å². The molecule has 1 aromatic heterocycles. The number of nitrogens with two attached hydrogens (primary N) is 1. The molecule has 0 amide bonds. The van der Waals surface area contributed by atoms with Crippen LogP contribution < -0.4 is 10.5 Å². The zero-order chi connectivity index (χ0) is 15.0. The molecule has 108 valence electrons. The number of hydrogen-bond acceptors (Lipinski definition) is 3. The molecule has 0 unspecified atom stereocenters. The number of nitrogen functional groups attached to an aromatic ring is 1. The monoisotopic (exact) mass is 281 g/mol. The summed E-state index contributed by atoms with van der Waals surface area (Å²) in [5, 5.41) is 0. The van der Waals surface area contributed by atoms with Gasteiger partial charge in [0.25, 0.3) is 0 Å². The Morgan fingerprint density at radius 3 is 2.43 bits per heavy atom. The van der Waals surface area contributed by atoms with Crippen LogP contribution in [0.4, 0.5) is 5.95 Å². The Bertz CT molecular complexity index is 788. The second-order valence-corrected chi connectivity index (χ2v) is 5.33. The number of methoxy groups -OCH3 is 1. The summed E-state index contributed by atoms with van der Waals surface area (Å²) < 4.78 is 7.23. The highest BCUT2D eigenvalue weighted by atomic mass is 16.5. The third kappa shape index (κ3) is 2.44. The van der Waals surface area contributed by atoms with Gasteiger partial charge in [0.05, 0.1) is 24.7 Å². The van der Waals surface area contributed by atoms with Crippen LogP contribution in [-0.4, -0.2) is 16.7 Å². The third-order valence-corrected chi connectivity index (χ3v) is 3.89. The molecule has 4 nitrogen and oxygen atoms in total. The van der Waals surface area contributed by atoms with Crippen LogP contribution in [0.1, 0.15) is 16.7 Å². The largest absolute Gasteiger partial charge is 0.497 e. The van der Waals surface area contributed by atoms with E-state index in [9.17, 15) is 0 Å². The number of ether oxygens (including phenoxy) is 1. The van der Waals surface area contributed by atoms with E-state index in [1.165, 1.54) is 16.7 Å². The molecule has 21 heavy (non-hydrogen) atoms. The van der Waals surface area contributed by atoms with Gasteiger partial charge >= 0.3 is 0 Å².